The summed E-state index contributed by atoms with van der Waals surface area (Å²) in [5.74, 6) is 1.80. The standard InChI is InChI=1S/C16H17NO2/c1-11-3-8-16-14(9-11)17-15(10-19-16)12-4-6-13(18-2)7-5-12/h3-9,15,17H,10H2,1-2H3. The van der Waals surface area contributed by atoms with Crippen LogP contribution in [0.5, 0.6) is 11.5 Å². The summed E-state index contributed by atoms with van der Waals surface area (Å²) in [6.07, 6.45) is 0. The van der Waals surface area contributed by atoms with Crippen LogP contribution >= 0.6 is 0 Å². The molecule has 0 saturated heterocycles. The molecule has 1 N–H and O–H groups in total. The molecule has 0 aliphatic carbocycles. The first-order chi connectivity index (χ1) is 9.26. The summed E-state index contributed by atoms with van der Waals surface area (Å²) in [4.78, 5) is 0. The van der Waals surface area contributed by atoms with E-state index in [0.29, 0.717) is 6.61 Å². The van der Waals surface area contributed by atoms with Crippen molar-refractivity contribution in [2.75, 3.05) is 19.0 Å². The number of hydrogen-bond donors (Lipinski definition) is 1. The van der Waals surface area contributed by atoms with Crippen LogP contribution < -0.4 is 14.8 Å². The molecule has 1 unspecified atom stereocenters. The average Bonchev–Trinajstić information content (AvgIpc) is 2.46. The van der Waals surface area contributed by atoms with E-state index in [4.69, 9.17) is 9.47 Å². The van der Waals surface area contributed by atoms with E-state index in [0.717, 1.165) is 17.2 Å². The van der Waals surface area contributed by atoms with Crippen molar-refractivity contribution >= 4 is 5.69 Å². The zero-order valence-corrected chi connectivity index (χ0v) is 11.1. The van der Waals surface area contributed by atoms with Gasteiger partial charge in [0.1, 0.15) is 18.1 Å². The molecule has 0 radical (unpaired) electrons. The molecule has 1 atom stereocenters. The lowest BCUT2D eigenvalue weighted by atomic mass is 10.0. The second-order valence-corrected chi connectivity index (χ2v) is 4.78. The molecule has 0 amide bonds. The number of benzene rings is 2. The quantitative estimate of drug-likeness (QED) is 0.890. The Morgan fingerprint density at radius 1 is 1.16 bits per heavy atom. The van der Waals surface area contributed by atoms with Gasteiger partial charge < -0.3 is 14.8 Å². The fourth-order valence-electron chi connectivity index (χ4n) is 2.30. The van der Waals surface area contributed by atoms with Gasteiger partial charge >= 0.3 is 0 Å². The van der Waals surface area contributed by atoms with Gasteiger partial charge in [-0.2, -0.15) is 0 Å². The van der Waals surface area contributed by atoms with Gasteiger partial charge in [0.25, 0.3) is 0 Å². The maximum atomic E-state index is 5.81. The van der Waals surface area contributed by atoms with E-state index in [1.54, 1.807) is 7.11 Å². The summed E-state index contributed by atoms with van der Waals surface area (Å²) < 4.78 is 11.0. The van der Waals surface area contributed by atoms with Gasteiger partial charge in [0.05, 0.1) is 18.8 Å². The Labute approximate surface area is 113 Å². The number of anilines is 1. The predicted octanol–water partition coefficient (Wildman–Crippen LogP) is 3.55. The largest absolute Gasteiger partial charge is 0.497 e. The first-order valence-electron chi connectivity index (χ1n) is 6.40. The molecule has 0 spiro atoms. The fraction of sp³-hybridized carbons (Fsp3) is 0.250. The van der Waals surface area contributed by atoms with Gasteiger partial charge in [0, 0.05) is 0 Å². The van der Waals surface area contributed by atoms with Gasteiger partial charge in [-0.1, -0.05) is 18.2 Å². The SMILES string of the molecule is COc1ccc(C2COc3ccc(C)cc3N2)cc1. The van der Waals surface area contributed by atoms with E-state index >= 15 is 0 Å². The molecular weight excluding hydrogens is 238 g/mol. The summed E-state index contributed by atoms with van der Waals surface area (Å²) in [5, 5.41) is 3.53. The van der Waals surface area contributed by atoms with E-state index in [1.165, 1.54) is 11.1 Å². The Hall–Kier alpha value is -2.16. The van der Waals surface area contributed by atoms with Gasteiger partial charge in [-0.3, -0.25) is 0 Å². The fourth-order valence-corrected chi connectivity index (χ4v) is 2.30. The van der Waals surface area contributed by atoms with Crippen molar-refractivity contribution in [3.05, 3.63) is 53.6 Å². The van der Waals surface area contributed by atoms with Crippen LogP contribution in [0.3, 0.4) is 0 Å². The minimum absolute atomic E-state index is 0.181. The van der Waals surface area contributed by atoms with E-state index in [9.17, 15) is 0 Å². The van der Waals surface area contributed by atoms with Crippen LogP contribution in [0, 0.1) is 6.92 Å². The van der Waals surface area contributed by atoms with Gasteiger partial charge in [0.15, 0.2) is 0 Å². The predicted molar refractivity (Wildman–Crippen MR) is 76.0 cm³/mol. The number of fused-ring (bicyclic) bond motifs is 1. The first-order valence-corrected chi connectivity index (χ1v) is 6.40. The summed E-state index contributed by atoms with van der Waals surface area (Å²) >= 11 is 0. The Balaban J connectivity index is 1.84. The highest BCUT2D eigenvalue weighted by atomic mass is 16.5. The lowest BCUT2D eigenvalue weighted by Crippen LogP contribution is -2.23. The first kappa shape index (κ1) is 11.9. The highest BCUT2D eigenvalue weighted by Gasteiger charge is 2.20. The van der Waals surface area contributed by atoms with Crippen molar-refractivity contribution in [2.45, 2.75) is 13.0 Å². The molecular formula is C16H17NO2. The Morgan fingerprint density at radius 3 is 2.68 bits per heavy atom. The van der Waals surface area contributed by atoms with E-state index in [2.05, 4.69) is 36.5 Å². The maximum Gasteiger partial charge on any atom is 0.142 e. The third kappa shape index (κ3) is 2.36. The van der Waals surface area contributed by atoms with E-state index in [1.807, 2.05) is 18.2 Å². The molecule has 3 nitrogen and oxygen atoms in total. The Kier molecular flexibility index (Phi) is 3.03. The summed E-state index contributed by atoms with van der Waals surface area (Å²) in [6, 6.07) is 14.5. The van der Waals surface area contributed by atoms with Crippen molar-refractivity contribution in [1.29, 1.82) is 0 Å². The van der Waals surface area contributed by atoms with E-state index in [-0.39, 0.29) is 6.04 Å². The molecule has 1 aliphatic rings. The normalized spacial score (nSPS) is 17.1. The van der Waals surface area contributed by atoms with Crippen LogP contribution in [0.1, 0.15) is 17.2 Å². The van der Waals surface area contributed by atoms with Crippen molar-refractivity contribution < 1.29 is 9.47 Å². The lowest BCUT2D eigenvalue weighted by molar-refractivity contribution is 0.286. The monoisotopic (exact) mass is 255 g/mol. The summed E-state index contributed by atoms with van der Waals surface area (Å²) in [6.45, 7) is 2.72. The zero-order chi connectivity index (χ0) is 13.2. The molecule has 0 bridgehead atoms. The van der Waals surface area contributed by atoms with Crippen LogP contribution in [0.15, 0.2) is 42.5 Å². The lowest BCUT2D eigenvalue weighted by Gasteiger charge is -2.28. The van der Waals surface area contributed by atoms with Gasteiger partial charge in [-0.15, -0.1) is 0 Å². The molecule has 1 heterocycles. The molecule has 2 aromatic rings. The number of ether oxygens (including phenoxy) is 2. The minimum atomic E-state index is 0.181. The molecule has 98 valence electrons. The van der Waals surface area contributed by atoms with E-state index < -0.39 is 0 Å². The highest BCUT2D eigenvalue weighted by Crippen LogP contribution is 2.34. The van der Waals surface area contributed by atoms with Gasteiger partial charge in [-0.05, 0) is 42.3 Å². The molecule has 3 rings (SSSR count). The maximum absolute atomic E-state index is 5.81. The number of nitrogens with one attached hydrogen (secondary N) is 1. The number of methoxy groups -OCH3 is 1. The number of hydrogen-bond acceptors (Lipinski definition) is 3. The topological polar surface area (TPSA) is 30.5 Å². The average molecular weight is 255 g/mol. The molecule has 2 aromatic carbocycles. The Morgan fingerprint density at radius 2 is 1.95 bits per heavy atom. The second kappa shape index (κ2) is 4.84. The molecule has 0 saturated carbocycles. The molecule has 3 heteroatoms. The molecule has 1 aliphatic heterocycles. The third-order valence-corrected chi connectivity index (χ3v) is 3.39. The number of aryl methyl sites for hydroxylation is 1. The second-order valence-electron chi connectivity index (χ2n) is 4.78. The Bertz CT molecular complexity index is 578. The summed E-state index contributed by atoms with van der Waals surface area (Å²) in [7, 11) is 1.68. The van der Waals surface area contributed by atoms with Gasteiger partial charge in [-0.25, -0.2) is 0 Å². The third-order valence-electron chi connectivity index (χ3n) is 3.39. The van der Waals surface area contributed by atoms with Crippen LogP contribution in [0.2, 0.25) is 0 Å². The zero-order valence-electron chi connectivity index (χ0n) is 11.1. The van der Waals surface area contributed by atoms with Crippen molar-refractivity contribution in [3.63, 3.8) is 0 Å². The molecule has 19 heavy (non-hydrogen) atoms. The van der Waals surface area contributed by atoms with Crippen LogP contribution in [-0.2, 0) is 0 Å². The van der Waals surface area contributed by atoms with Crippen LogP contribution in [0.4, 0.5) is 5.69 Å². The van der Waals surface area contributed by atoms with Crippen molar-refractivity contribution in [3.8, 4) is 11.5 Å². The summed E-state index contributed by atoms with van der Waals surface area (Å²) in [5.41, 5.74) is 3.49. The van der Waals surface area contributed by atoms with Gasteiger partial charge in [0.2, 0.25) is 0 Å². The van der Waals surface area contributed by atoms with Crippen molar-refractivity contribution in [1.82, 2.24) is 0 Å². The van der Waals surface area contributed by atoms with Crippen LogP contribution in [-0.4, -0.2) is 13.7 Å². The number of rotatable bonds is 2. The van der Waals surface area contributed by atoms with Crippen LogP contribution in [0.25, 0.3) is 0 Å². The smallest absolute Gasteiger partial charge is 0.142 e. The molecule has 0 aromatic heterocycles. The minimum Gasteiger partial charge on any atom is -0.497 e. The van der Waals surface area contributed by atoms with Crippen molar-refractivity contribution in [2.24, 2.45) is 0 Å². The highest BCUT2D eigenvalue weighted by molar-refractivity contribution is 5.60. The molecule has 0 fully saturated rings.